The lowest BCUT2D eigenvalue weighted by Gasteiger charge is -2.37. The van der Waals surface area contributed by atoms with Crippen LogP contribution in [0.2, 0.25) is 0 Å². The molecule has 0 radical (unpaired) electrons. The number of ether oxygens (including phenoxy) is 2. The topological polar surface area (TPSA) is 38.7 Å². The van der Waals surface area contributed by atoms with Crippen molar-refractivity contribution in [1.29, 1.82) is 0 Å². The average molecular weight is 372 g/mol. The van der Waals surface area contributed by atoms with Gasteiger partial charge < -0.3 is 14.6 Å². The lowest BCUT2D eigenvalue weighted by Crippen LogP contribution is -2.36. The van der Waals surface area contributed by atoms with Gasteiger partial charge in [0.05, 0.1) is 13.2 Å². The summed E-state index contributed by atoms with van der Waals surface area (Å²) in [6, 6.07) is 26.5. The molecule has 0 spiro atoms. The smallest absolute Gasteiger partial charge is 0.192 e. The van der Waals surface area contributed by atoms with Gasteiger partial charge in [-0.1, -0.05) is 78.9 Å². The van der Waals surface area contributed by atoms with E-state index in [1.54, 1.807) is 0 Å². The minimum absolute atomic E-state index is 0.0720. The molecule has 1 aliphatic heterocycles. The first-order valence-corrected chi connectivity index (χ1v) is 9.86. The first-order chi connectivity index (χ1) is 13.6. The highest BCUT2D eigenvalue weighted by molar-refractivity contribution is 5.53. The molecule has 1 heterocycles. The van der Waals surface area contributed by atoms with Crippen LogP contribution in [-0.2, 0) is 27.3 Å². The summed E-state index contributed by atoms with van der Waals surface area (Å²) in [7, 11) is 0. The van der Waals surface area contributed by atoms with Crippen molar-refractivity contribution in [2.75, 3.05) is 13.2 Å². The second-order valence-electron chi connectivity index (χ2n) is 7.78. The van der Waals surface area contributed by atoms with Crippen LogP contribution in [0.1, 0.15) is 40.7 Å². The molecule has 2 atom stereocenters. The summed E-state index contributed by atoms with van der Waals surface area (Å²) in [5.41, 5.74) is 3.90. The van der Waals surface area contributed by atoms with Gasteiger partial charge in [-0.05, 0) is 35.6 Å². The van der Waals surface area contributed by atoms with Crippen LogP contribution in [-0.4, -0.2) is 18.3 Å². The molecule has 28 heavy (non-hydrogen) atoms. The van der Waals surface area contributed by atoms with E-state index in [0.717, 1.165) is 28.7 Å². The lowest BCUT2D eigenvalue weighted by molar-refractivity contribution is -0.152. The maximum atomic E-state index is 12.4. The number of hydrogen-bond acceptors (Lipinski definition) is 3. The predicted molar refractivity (Wildman–Crippen MR) is 108 cm³/mol. The zero-order chi connectivity index (χ0) is 19.2. The molecule has 0 bridgehead atoms. The molecule has 1 aliphatic carbocycles. The monoisotopic (exact) mass is 372 g/mol. The maximum Gasteiger partial charge on any atom is 0.192 e. The van der Waals surface area contributed by atoms with Gasteiger partial charge in [0.25, 0.3) is 0 Å². The molecule has 0 amide bonds. The molecular weight excluding hydrogens is 348 g/mol. The predicted octanol–water partition coefficient (Wildman–Crippen LogP) is 4.48. The van der Waals surface area contributed by atoms with Gasteiger partial charge in [-0.2, -0.15) is 0 Å². The molecule has 1 N–H and O–H groups in total. The van der Waals surface area contributed by atoms with E-state index in [9.17, 15) is 5.11 Å². The summed E-state index contributed by atoms with van der Waals surface area (Å²) >= 11 is 0. The van der Waals surface area contributed by atoms with Crippen LogP contribution in [0.15, 0.2) is 78.9 Å². The third-order valence-corrected chi connectivity index (χ3v) is 6.22. The molecule has 1 fully saturated rings. The Bertz CT molecular complexity index is 991. The SMILES string of the molecule is CC1(c2ccccc2C2(O)c3ccccc3CC2c2ccccc2)OCCO1. The molecule has 2 unspecified atom stereocenters. The number of hydrogen-bond donors (Lipinski definition) is 1. The van der Waals surface area contributed by atoms with E-state index >= 15 is 0 Å². The molecule has 1 saturated heterocycles. The van der Waals surface area contributed by atoms with Crippen molar-refractivity contribution in [1.82, 2.24) is 0 Å². The van der Waals surface area contributed by atoms with Crippen LogP contribution in [0.3, 0.4) is 0 Å². The van der Waals surface area contributed by atoms with E-state index in [1.165, 1.54) is 5.56 Å². The summed E-state index contributed by atoms with van der Waals surface area (Å²) in [5.74, 6) is -0.914. The van der Waals surface area contributed by atoms with Gasteiger partial charge >= 0.3 is 0 Å². The summed E-state index contributed by atoms with van der Waals surface area (Å²) in [6.07, 6.45) is 0.795. The third-order valence-electron chi connectivity index (χ3n) is 6.22. The van der Waals surface area contributed by atoms with Gasteiger partial charge in [0, 0.05) is 11.5 Å². The number of aliphatic hydroxyl groups is 1. The average Bonchev–Trinajstić information content (AvgIpc) is 3.32. The molecule has 3 heteroatoms. The molecule has 2 aliphatic rings. The van der Waals surface area contributed by atoms with Crippen LogP contribution in [0.25, 0.3) is 0 Å². The molecule has 142 valence electrons. The summed E-state index contributed by atoms with van der Waals surface area (Å²) in [6.45, 7) is 3.06. The minimum atomic E-state index is -1.15. The molecule has 5 rings (SSSR count). The zero-order valence-corrected chi connectivity index (χ0v) is 16.0. The van der Waals surface area contributed by atoms with E-state index in [2.05, 4.69) is 18.2 Å². The molecule has 0 aromatic heterocycles. The Morgan fingerprint density at radius 2 is 1.32 bits per heavy atom. The largest absolute Gasteiger partial charge is 0.380 e. The fourth-order valence-corrected chi connectivity index (χ4v) is 4.88. The van der Waals surface area contributed by atoms with Gasteiger partial charge in [0.15, 0.2) is 5.79 Å². The van der Waals surface area contributed by atoms with E-state index in [0.29, 0.717) is 13.2 Å². The highest BCUT2D eigenvalue weighted by Crippen LogP contribution is 2.53. The van der Waals surface area contributed by atoms with Crippen molar-refractivity contribution in [3.63, 3.8) is 0 Å². The fourth-order valence-electron chi connectivity index (χ4n) is 4.88. The van der Waals surface area contributed by atoms with Gasteiger partial charge in [0.2, 0.25) is 0 Å². The van der Waals surface area contributed by atoms with E-state index in [1.807, 2.05) is 67.6 Å². The maximum absolute atomic E-state index is 12.4. The molecular formula is C25H24O3. The number of rotatable bonds is 3. The summed E-state index contributed by atoms with van der Waals surface area (Å²) in [5, 5.41) is 12.4. The van der Waals surface area contributed by atoms with Crippen molar-refractivity contribution in [3.05, 3.63) is 107 Å². The normalized spacial score (nSPS) is 25.6. The molecule has 3 nitrogen and oxygen atoms in total. The Hall–Kier alpha value is -2.46. The Kier molecular flexibility index (Phi) is 4.13. The van der Waals surface area contributed by atoms with Crippen LogP contribution < -0.4 is 0 Å². The second kappa shape index (κ2) is 6.56. The van der Waals surface area contributed by atoms with Crippen LogP contribution in [0.5, 0.6) is 0 Å². The van der Waals surface area contributed by atoms with Crippen LogP contribution in [0, 0.1) is 0 Å². The highest BCUT2D eigenvalue weighted by Gasteiger charge is 2.50. The fraction of sp³-hybridized carbons (Fsp3) is 0.280. The van der Waals surface area contributed by atoms with E-state index < -0.39 is 11.4 Å². The van der Waals surface area contributed by atoms with Crippen molar-refractivity contribution >= 4 is 0 Å². The molecule has 3 aromatic rings. The number of benzene rings is 3. The Balaban J connectivity index is 1.74. The summed E-state index contributed by atoms with van der Waals surface area (Å²) < 4.78 is 11.9. The van der Waals surface area contributed by atoms with Crippen molar-refractivity contribution in [2.45, 2.75) is 30.7 Å². The quantitative estimate of drug-likeness (QED) is 0.737. The first-order valence-electron chi connectivity index (χ1n) is 9.86. The Morgan fingerprint density at radius 1 is 0.750 bits per heavy atom. The van der Waals surface area contributed by atoms with Crippen molar-refractivity contribution in [2.24, 2.45) is 0 Å². The van der Waals surface area contributed by atoms with Crippen LogP contribution in [0.4, 0.5) is 0 Å². The molecule has 0 saturated carbocycles. The first kappa shape index (κ1) is 17.6. The van der Waals surface area contributed by atoms with Crippen molar-refractivity contribution in [3.8, 4) is 0 Å². The second-order valence-corrected chi connectivity index (χ2v) is 7.78. The Labute approximate surface area is 165 Å². The standard InChI is InChI=1S/C25H24O3/c1-24(27-15-16-28-24)21-13-7-8-14-22(21)25(26)20-12-6-5-11-19(20)17-23(25)18-9-3-2-4-10-18/h2-14,23,26H,15-17H2,1H3. The van der Waals surface area contributed by atoms with Gasteiger partial charge in [-0.3, -0.25) is 0 Å². The Morgan fingerprint density at radius 3 is 2.04 bits per heavy atom. The van der Waals surface area contributed by atoms with E-state index in [-0.39, 0.29) is 5.92 Å². The lowest BCUT2D eigenvalue weighted by atomic mass is 9.75. The minimum Gasteiger partial charge on any atom is -0.380 e. The van der Waals surface area contributed by atoms with Crippen LogP contribution >= 0.6 is 0 Å². The van der Waals surface area contributed by atoms with Gasteiger partial charge in [-0.15, -0.1) is 0 Å². The van der Waals surface area contributed by atoms with Gasteiger partial charge in [-0.25, -0.2) is 0 Å². The third kappa shape index (κ3) is 2.55. The highest BCUT2D eigenvalue weighted by atomic mass is 16.7. The summed E-state index contributed by atoms with van der Waals surface area (Å²) in [4.78, 5) is 0. The number of fused-ring (bicyclic) bond motifs is 1. The molecule has 3 aromatic carbocycles. The van der Waals surface area contributed by atoms with Gasteiger partial charge in [0.1, 0.15) is 5.60 Å². The van der Waals surface area contributed by atoms with Crippen molar-refractivity contribution < 1.29 is 14.6 Å². The van der Waals surface area contributed by atoms with E-state index in [4.69, 9.17) is 9.47 Å². The zero-order valence-electron chi connectivity index (χ0n) is 16.0.